The summed E-state index contributed by atoms with van der Waals surface area (Å²) in [5.74, 6) is 0.887. The predicted octanol–water partition coefficient (Wildman–Crippen LogP) is 5.25. The van der Waals surface area contributed by atoms with Gasteiger partial charge in [0, 0.05) is 17.9 Å². The maximum absolute atomic E-state index is 12.9. The highest BCUT2D eigenvalue weighted by Crippen LogP contribution is 2.36. The number of aromatic nitrogens is 2. The second-order valence-electron chi connectivity index (χ2n) is 5.71. The van der Waals surface area contributed by atoms with Crippen molar-refractivity contribution in [1.82, 2.24) is 9.97 Å². The Morgan fingerprint density at radius 1 is 1.12 bits per heavy atom. The second kappa shape index (κ2) is 6.84. The Labute approximate surface area is 142 Å². The molecule has 2 aromatic rings. The largest absolute Gasteiger partial charge is 0.417 e. The molecule has 1 aliphatic carbocycles. The van der Waals surface area contributed by atoms with E-state index in [1.807, 2.05) is 0 Å². The summed E-state index contributed by atoms with van der Waals surface area (Å²) in [5, 5.41) is 5.77. The number of anilines is 3. The van der Waals surface area contributed by atoms with E-state index in [9.17, 15) is 13.2 Å². The van der Waals surface area contributed by atoms with Crippen molar-refractivity contribution in [2.45, 2.75) is 37.9 Å². The molecule has 128 valence electrons. The summed E-state index contributed by atoms with van der Waals surface area (Å²) >= 11 is 5.62. The monoisotopic (exact) mass is 356 g/mol. The molecule has 24 heavy (non-hydrogen) atoms. The third-order valence-electron chi connectivity index (χ3n) is 3.89. The molecule has 1 aromatic heterocycles. The first-order valence-corrected chi connectivity index (χ1v) is 8.03. The average molecular weight is 357 g/mol. The summed E-state index contributed by atoms with van der Waals surface area (Å²) in [6.07, 6.45) is 1.57. The lowest BCUT2D eigenvalue weighted by Gasteiger charge is -2.14. The Bertz CT molecular complexity index is 715. The highest BCUT2D eigenvalue weighted by atomic mass is 35.5. The second-order valence-corrected chi connectivity index (χ2v) is 6.12. The predicted molar refractivity (Wildman–Crippen MR) is 87.6 cm³/mol. The Hall–Kier alpha value is -2.02. The molecule has 1 saturated carbocycles. The molecule has 0 unspecified atom stereocenters. The lowest BCUT2D eigenvalue weighted by molar-refractivity contribution is -0.137. The lowest BCUT2D eigenvalue weighted by atomic mass is 10.2. The summed E-state index contributed by atoms with van der Waals surface area (Å²) in [6.45, 7) is 0. The van der Waals surface area contributed by atoms with Gasteiger partial charge in [-0.25, -0.2) is 4.98 Å². The number of rotatable bonds is 4. The fourth-order valence-corrected chi connectivity index (χ4v) is 2.94. The number of hydrogen-bond acceptors (Lipinski definition) is 4. The van der Waals surface area contributed by atoms with Crippen LogP contribution in [0.2, 0.25) is 5.02 Å². The SMILES string of the molecule is FC(F)(F)c1cc(Nc2ccnc(NC3CCCC3)n2)ccc1Cl. The van der Waals surface area contributed by atoms with Crippen LogP contribution in [-0.4, -0.2) is 16.0 Å². The zero-order chi connectivity index (χ0) is 17.2. The van der Waals surface area contributed by atoms with Crippen molar-refractivity contribution in [3.05, 3.63) is 41.0 Å². The Morgan fingerprint density at radius 3 is 2.58 bits per heavy atom. The Balaban J connectivity index is 1.76. The van der Waals surface area contributed by atoms with Crippen LogP contribution in [-0.2, 0) is 6.18 Å². The van der Waals surface area contributed by atoms with Gasteiger partial charge in [-0.2, -0.15) is 18.2 Å². The van der Waals surface area contributed by atoms with Gasteiger partial charge in [0.05, 0.1) is 10.6 Å². The molecule has 0 spiro atoms. The molecule has 1 fully saturated rings. The van der Waals surface area contributed by atoms with Gasteiger partial charge in [-0.1, -0.05) is 24.4 Å². The van der Waals surface area contributed by atoms with Crippen LogP contribution in [0.3, 0.4) is 0 Å². The molecule has 0 aliphatic heterocycles. The van der Waals surface area contributed by atoms with E-state index in [4.69, 9.17) is 11.6 Å². The molecular formula is C16H16ClF3N4. The fourth-order valence-electron chi connectivity index (χ4n) is 2.72. The number of halogens is 4. The lowest BCUT2D eigenvalue weighted by Crippen LogP contribution is -2.16. The van der Waals surface area contributed by atoms with E-state index in [-0.39, 0.29) is 10.7 Å². The number of nitrogens with zero attached hydrogens (tertiary/aromatic N) is 2. The normalized spacial score (nSPS) is 15.5. The molecule has 8 heteroatoms. The molecule has 1 aromatic carbocycles. The molecule has 0 saturated heterocycles. The van der Waals surface area contributed by atoms with Crippen LogP contribution in [0.15, 0.2) is 30.5 Å². The van der Waals surface area contributed by atoms with Gasteiger partial charge in [-0.15, -0.1) is 0 Å². The molecule has 0 bridgehead atoms. The van der Waals surface area contributed by atoms with E-state index in [0.29, 0.717) is 17.8 Å². The molecule has 1 heterocycles. The van der Waals surface area contributed by atoms with Crippen molar-refractivity contribution in [1.29, 1.82) is 0 Å². The van der Waals surface area contributed by atoms with E-state index in [1.165, 1.54) is 25.0 Å². The first kappa shape index (κ1) is 16.8. The zero-order valence-corrected chi connectivity index (χ0v) is 13.5. The fraction of sp³-hybridized carbons (Fsp3) is 0.375. The number of benzene rings is 1. The Kier molecular flexibility index (Phi) is 4.80. The van der Waals surface area contributed by atoms with E-state index < -0.39 is 11.7 Å². The summed E-state index contributed by atoms with van der Waals surface area (Å²) in [6, 6.07) is 5.61. The molecule has 3 rings (SSSR count). The van der Waals surface area contributed by atoms with Crippen molar-refractivity contribution >= 4 is 29.1 Å². The maximum Gasteiger partial charge on any atom is 0.417 e. The maximum atomic E-state index is 12.9. The van der Waals surface area contributed by atoms with E-state index in [0.717, 1.165) is 18.9 Å². The highest BCUT2D eigenvalue weighted by molar-refractivity contribution is 6.31. The van der Waals surface area contributed by atoms with Crippen molar-refractivity contribution < 1.29 is 13.2 Å². The summed E-state index contributed by atoms with van der Waals surface area (Å²) < 4.78 is 38.7. The summed E-state index contributed by atoms with van der Waals surface area (Å²) in [4.78, 5) is 8.45. The molecule has 4 nitrogen and oxygen atoms in total. The van der Waals surface area contributed by atoms with Crippen molar-refractivity contribution in [2.24, 2.45) is 0 Å². The highest BCUT2D eigenvalue weighted by Gasteiger charge is 2.33. The van der Waals surface area contributed by atoms with Crippen LogP contribution in [0.25, 0.3) is 0 Å². The van der Waals surface area contributed by atoms with Crippen LogP contribution in [0.4, 0.5) is 30.6 Å². The third-order valence-corrected chi connectivity index (χ3v) is 4.22. The van der Waals surface area contributed by atoms with E-state index in [2.05, 4.69) is 20.6 Å². The molecule has 0 amide bonds. The Morgan fingerprint density at radius 2 is 1.88 bits per heavy atom. The van der Waals surface area contributed by atoms with Gasteiger partial charge in [0.1, 0.15) is 5.82 Å². The average Bonchev–Trinajstić information content (AvgIpc) is 3.01. The van der Waals surface area contributed by atoms with Crippen LogP contribution < -0.4 is 10.6 Å². The number of hydrogen-bond donors (Lipinski definition) is 2. The molecule has 0 radical (unpaired) electrons. The smallest absolute Gasteiger partial charge is 0.351 e. The van der Waals surface area contributed by atoms with Gasteiger partial charge in [0.25, 0.3) is 0 Å². The van der Waals surface area contributed by atoms with Crippen molar-refractivity contribution in [2.75, 3.05) is 10.6 Å². The topological polar surface area (TPSA) is 49.8 Å². The van der Waals surface area contributed by atoms with Crippen LogP contribution >= 0.6 is 11.6 Å². The summed E-state index contributed by atoms with van der Waals surface area (Å²) in [7, 11) is 0. The van der Waals surface area contributed by atoms with Crippen molar-refractivity contribution in [3.63, 3.8) is 0 Å². The summed E-state index contributed by atoms with van der Waals surface area (Å²) in [5.41, 5.74) is -0.621. The quantitative estimate of drug-likeness (QED) is 0.785. The zero-order valence-electron chi connectivity index (χ0n) is 12.7. The minimum atomic E-state index is -4.50. The molecule has 1 aliphatic rings. The molecule has 2 N–H and O–H groups in total. The first-order valence-electron chi connectivity index (χ1n) is 7.65. The molecular weight excluding hydrogens is 341 g/mol. The van der Waals surface area contributed by atoms with Gasteiger partial charge >= 0.3 is 6.18 Å². The van der Waals surface area contributed by atoms with Crippen LogP contribution in [0, 0.1) is 0 Å². The van der Waals surface area contributed by atoms with Crippen molar-refractivity contribution in [3.8, 4) is 0 Å². The van der Waals surface area contributed by atoms with Gasteiger partial charge in [0.15, 0.2) is 0 Å². The van der Waals surface area contributed by atoms with Gasteiger partial charge in [-0.05, 0) is 37.1 Å². The number of alkyl halides is 3. The minimum Gasteiger partial charge on any atom is -0.351 e. The first-order chi connectivity index (χ1) is 11.4. The molecule has 0 atom stereocenters. The number of nitrogens with one attached hydrogen (secondary N) is 2. The van der Waals surface area contributed by atoms with Crippen LogP contribution in [0.1, 0.15) is 31.2 Å². The third kappa shape index (κ3) is 4.08. The van der Waals surface area contributed by atoms with Crippen LogP contribution in [0.5, 0.6) is 0 Å². The van der Waals surface area contributed by atoms with Gasteiger partial charge in [-0.3, -0.25) is 0 Å². The standard InChI is InChI=1S/C16H16ClF3N4/c17-13-6-5-11(9-12(13)16(18,19)20)22-14-7-8-21-15(24-14)23-10-3-1-2-4-10/h5-10H,1-4H2,(H2,21,22,23,24). The van der Waals surface area contributed by atoms with Gasteiger partial charge in [0.2, 0.25) is 5.95 Å². The van der Waals surface area contributed by atoms with Gasteiger partial charge < -0.3 is 10.6 Å². The van der Waals surface area contributed by atoms with E-state index >= 15 is 0 Å². The minimum absolute atomic E-state index is 0.261. The van der Waals surface area contributed by atoms with E-state index in [1.54, 1.807) is 12.3 Å².